The van der Waals surface area contributed by atoms with E-state index in [1.54, 1.807) is 0 Å². The molecule has 0 saturated heterocycles. The van der Waals surface area contributed by atoms with E-state index >= 15 is 0 Å². The number of hydrogen-bond donors (Lipinski definition) is 1. The highest BCUT2D eigenvalue weighted by Crippen LogP contribution is 2.34. The van der Waals surface area contributed by atoms with Crippen molar-refractivity contribution < 1.29 is 0 Å². The summed E-state index contributed by atoms with van der Waals surface area (Å²) in [6.45, 7) is 7.41. The number of likely N-dealkylation sites (N-methyl/N-ethyl adjacent to an activating group) is 1. The smallest absolute Gasteiger partial charge is 0.0450 e. The molecule has 0 radical (unpaired) electrons. The van der Waals surface area contributed by atoms with Gasteiger partial charge in [-0.15, -0.1) is 0 Å². The van der Waals surface area contributed by atoms with Crippen molar-refractivity contribution in [3.05, 3.63) is 63.9 Å². The van der Waals surface area contributed by atoms with Crippen molar-refractivity contribution in [1.82, 2.24) is 10.3 Å². The number of rotatable bonds is 5. The Labute approximate surface area is 129 Å². The monoisotopic (exact) mass is 332 g/mol. The van der Waals surface area contributed by atoms with Gasteiger partial charge < -0.3 is 5.32 Å². The van der Waals surface area contributed by atoms with Crippen LogP contribution in [0.3, 0.4) is 0 Å². The number of hydrogen-bond acceptors (Lipinski definition) is 2. The first-order valence-electron chi connectivity index (χ1n) is 7.03. The van der Waals surface area contributed by atoms with E-state index < -0.39 is 0 Å². The average Bonchev–Trinajstić information content (AvgIpc) is 2.46. The summed E-state index contributed by atoms with van der Waals surface area (Å²) < 4.78 is 1.16. The van der Waals surface area contributed by atoms with E-state index in [0.717, 1.165) is 16.7 Å². The quantitative estimate of drug-likeness (QED) is 0.864. The SMILES string of the molecule is CCNC(c1ccc(C)cc1Br)C(C)c1ccccn1. The van der Waals surface area contributed by atoms with Gasteiger partial charge in [-0.1, -0.05) is 48.0 Å². The van der Waals surface area contributed by atoms with Crippen molar-refractivity contribution in [3.63, 3.8) is 0 Å². The molecule has 1 N–H and O–H groups in total. The zero-order chi connectivity index (χ0) is 14.5. The van der Waals surface area contributed by atoms with Crippen LogP contribution in [0.25, 0.3) is 0 Å². The van der Waals surface area contributed by atoms with Gasteiger partial charge in [0.25, 0.3) is 0 Å². The van der Waals surface area contributed by atoms with Gasteiger partial charge in [-0.3, -0.25) is 4.98 Å². The van der Waals surface area contributed by atoms with Crippen molar-refractivity contribution >= 4 is 15.9 Å². The molecule has 0 fully saturated rings. The Morgan fingerprint density at radius 2 is 2.05 bits per heavy atom. The second-order valence-corrected chi connectivity index (χ2v) is 5.96. The number of aromatic nitrogens is 1. The molecule has 2 nitrogen and oxygen atoms in total. The standard InChI is InChI=1S/C17H21BrN2/c1-4-19-17(13(3)16-7-5-6-10-20-16)14-9-8-12(2)11-15(14)18/h5-11,13,17,19H,4H2,1-3H3. The minimum absolute atomic E-state index is 0.255. The van der Waals surface area contributed by atoms with E-state index in [4.69, 9.17) is 0 Å². The number of nitrogens with zero attached hydrogens (tertiary/aromatic N) is 1. The summed E-state index contributed by atoms with van der Waals surface area (Å²) >= 11 is 3.70. The summed E-state index contributed by atoms with van der Waals surface area (Å²) in [5.41, 5.74) is 3.67. The van der Waals surface area contributed by atoms with Crippen LogP contribution in [-0.4, -0.2) is 11.5 Å². The molecule has 0 aliphatic carbocycles. The highest BCUT2D eigenvalue weighted by atomic mass is 79.9. The molecule has 0 aliphatic rings. The maximum Gasteiger partial charge on any atom is 0.0450 e. The van der Waals surface area contributed by atoms with Crippen LogP contribution in [-0.2, 0) is 0 Å². The zero-order valence-corrected chi connectivity index (χ0v) is 13.8. The van der Waals surface area contributed by atoms with Crippen LogP contribution in [0.2, 0.25) is 0 Å². The van der Waals surface area contributed by atoms with Crippen molar-refractivity contribution in [2.45, 2.75) is 32.7 Å². The molecule has 20 heavy (non-hydrogen) atoms. The van der Waals surface area contributed by atoms with E-state index in [0.29, 0.717) is 5.92 Å². The Hall–Kier alpha value is -1.19. The van der Waals surface area contributed by atoms with Crippen LogP contribution in [0.1, 0.15) is 42.6 Å². The largest absolute Gasteiger partial charge is 0.310 e. The minimum Gasteiger partial charge on any atom is -0.310 e. The van der Waals surface area contributed by atoms with Crippen LogP contribution < -0.4 is 5.32 Å². The van der Waals surface area contributed by atoms with Gasteiger partial charge in [0.2, 0.25) is 0 Å². The molecule has 2 atom stereocenters. The van der Waals surface area contributed by atoms with Crippen LogP contribution in [0, 0.1) is 6.92 Å². The fourth-order valence-corrected chi connectivity index (χ4v) is 3.22. The van der Waals surface area contributed by atoms with Gasteiger partial charge in [-0.2, -0.15) is 0 Å². The fraction of sp³-hybridized carbons (Fsp3) is 0.353. The fourth-order valence-electron chi connectivity index (χ4n) is 2.48. The lowest BCUT2D eigenvalue weighted by Crippen LogP contribution is -2.26. The molecule has 1 aromatic carbocycles. The molecule has 2 unspecified atom stereocenters. The molecule has 1 aromatic heterocycles. The molecule has 106 valence electrons. The lowest BCUT2D eigenvalue weighted by Gasteiger charge is -2.26. The number of benzene rings is 1. The van der Waals surface area contributed by atoms with E-state index in [-0.39, 0.29) is 6.04 Å². The first-order valence-corrected chi connectivity index (χ1v) is 7.83. The predicted octanol–water partition coefficient (Wildman–Crippen LogP) is 4.61. The van der Waals surface area contributed by atoms with Crippen LogP contribution >= 0.6 is 15.9 Å². The van der Waals surface area contributed by atoms with Gasteiger partial charge in [0, 0.05) is 28.3 Å². The molecule has 0 aliphatic heterocycles. The molecule has 3 heteroatoms. The topological polar surface area (TPSA) is 24.9 Å². The first kappa shape index (κ1) is 15.2. The summed E-state index contributed by atoms with van der Waals surface area (Å²) in [5, 5.41) is 3.59. The van der Waals surface area contributed by atoms with E-state index in [2.05, 4.69) is 71.3 Å². The lowest BCUT2D eigenvalue weighted by atomic mass is 9.91. The maximum atomic E-state index is 4.50. The van der Waals surface area contributed by atoms with Crippen LogP contribution in [0.4, 0.5) is 0 Å². The average molecular weight is 333 g/mol. The molecule has 2 rings (SSSR count). The van der Waals surface area contributed by atoms with Gasteiger partial charge >= 0.3 is 0 Å². The van der Waals surface area contributed by atoms with Crippen molar-refractivity contribution in [3.8, 4) is 0 Å². The number of halogens is 1. The summed E-state index contributed by atoms with van der Waals surface area (Å²) in [6.07, 6.45) is 1.86. The number of aryl methyl sites for hydroxylation is 1. The molecular formula is C17H21BrN2. The molecule has 0 spiro atoms. The molecule has 0 saturated carbocycles. The normalized spacial score (nSPS) is 14.0. The number of nitrogens with one attached hydrogen (secondary N) is 1. The van der Waals surface area contributed by atoms with Gasteiger partial charge in [0.05, 0.1) is 0 Å². The van der Waals surface area contributed by atoms with E-state index in [1.807, 2.05) is 18.3 Å². The summed E-state index contributed by atoms with van der Waals surface area (Å²) in [5.74, 6) is 0.315. The van der Waals surface area contributed by atoms with Crippen molar-refractivity contribution in [1.29, 1.82) is 0 Å². The number of pyridine rings is 1. The Morgan fingerprint density at radius 1 is 1.25 bits per heavy atom. The van der Waals surface area contributed by atoms with Gasteiger partial charge in [0.1, 0.15) is 0 Å². The third-order valence-electron chi connectivity index (χ3n) is 3.57. The third-order valence-corrected chi connectivity index (χ3v) is 4.26. The van der Waals surface area contributed by atoms with Gasteiger partial charge in [0.15, 0.2) is 0 Å². The Balaban J connectivity index is 2.35. The second-order valence-electron chi connectivity index (χ2n) is 5.10. The molecule has 2 aromatic rings. The third kappa shape index (κ3) is 3.47. The summed E-state index contributed by atoms with van der Waals surface area (Å²) in [4.78, 5) is 4.50. The molecule has 1 heterocycles. The Bertz CT molecular complexity index is 554. The molecule has 0 bridgehead atoms. The summed E-state index contributed by atoms with van der Waals surface area (Å²) in [7, 11) is 0. The first-order chi connectivity index (χ1) is 9.63. The Morgan fingerprint density at radius 3 is 2.65 bits per heavy atom. The molecule has 0 amide bonds. The predicted molar refractivity (Wildman–Crippen MR) is 87.9 cm³/mol. The maximum absolute atomic E-state index is 4.50. The van der Waals surface area contributed by atoms with Gasteiger partial charge in [-0.25, -0.2) is 0 Å². The Kier molecular flexibility index (Phi) is 5.32. The van der Waals surface area contributed by atoms with Crippen LogP contribution in [0.5, 0.6) is 0 Å². The highest BCUT2D eigenvalue weighted by molar-refractivity contribution is 9.10. The molecular weight excluding hydrogens is 312 g/mol. The van der Waals surface area contributed by atoms with E-state index in [9.17, 15) is 0 Å². The lowest BCUT2D eigenvalue weighted by molar-refractivity contribution is 0.470. The highest BCUT2D eigenvalue weighted by Gasteiger charge is 2.22. The summed E-state index contributed by atoms with van der Waals surface area (Å²) in [6, 6.07) is 12.9. The van der Waals surface area contributed by atoms with Gasteiger partial charge in [-0.05, 0) is 42.8 Å². The minimum atomic E-state index is 0.255. The van der Waals surface area contributed by atoms with E-state index in [1.165, 1.54) is 11.1 Å². The zero-order valence-electron chi connectivity index (χ0n) is 12.2. The second kappa shape index (κ2) is 7.00. The van der Waals surface area contributed by atoms with Crippen LogP contribution in [0.15, 0.2) is 47.1 Å². The van der Waals surface area contributed by atoms with Crippen molar-refractivity contribution in [2.24, 2.45) is 0 Å². The van der Waals surface area contributed by atoms with Crippen molar-refractivity contribution in [2.75, 3.05) is 6.54 Å².